The summed E-state index contributed by atoms with van der Waals surface area (Å²) in [4.78, 5) is 13.3. The van der Waals surface area contributed by atoms with Gasteiger partial charge in [0.1, 0.15) is 6.10 Å². The molecule has 1 aliphatic heterocycles. The quantitative estimate of drug-likeness (QED) is 0.805. The number of nitrogens with zero attached hydrogens (tertiary/aromatic N) is 1. The highest BCUT2D eigenvalue weighted by Crippen LogP contribution is 2.37. The smallest absolute Gasteiger partial charge is 0.416 e. The SMILES string of the molecule is CC(OC(=O)N1CCNCC1)c1cc(C(F)(F)F)cc(C(F)(F)F)c1. The Balaban J connectivity index is 2.25. The Bertz CT molecular complexity index is 591. The van der Waals surface area contributed by atoms with E-state index in [2.05, 4.69) is 5.32 Å². The lowest BCUT2D eigenvalue weighted by molar-refractivity contribution is -0.143. The van der Waals surface area contributed by atoms with Crippen LogP contribution in [0.4, 0.5) is 31.1 Å². The average Bonchev–Trinajstić information content (AvgIpc) is 2.53. The number of alkyl halides is 6. The van der Waals surface area contributed by atoms with Gasteiger partial charge >= 0.3 is 18.4 Å². The lowest BCUT2D eigenvalue weighted by atomic mass is 10.0. The first-order valence-electron chi connectivity index (χ1n) is 7.44. The van der Waals surface area contributed by atoms with Gasteiger partial charge in [-0.2, -0.15) is 26.3 Å². The predicted octanol–water partition coefficient (Wildman–Crippen LogP) is 3.83. The minimum atomic E-state index is -4.95. The maximum absolute atomic E-state index is 12.9. The predicted molar refractivity (Wildman–Crippen MR) is 75.8 cm³/mol. The number of nitrogens with one attached hydrogen (secondary N) is 1. The van der Waals surface area contributed by atoms with Gasteiger partial charge < -0.3 is 15.0 Å². The number of halogens is 6. The molecule has 0 bridgehead atoms. The number of hydrogen-bond donors (Lipinski definition) is 1. The Kier molecular flexibility index (Phi) is 5.50. The maximum atomic E-state index is 12.9. The lowest BCUT2D eigenvalue weighted by Gasteiger charge is -2.28. The Morgan fingerprint density at radius 1 is 1.04 bits per heavy atom. The molecule has 0 spiro atoms. The molecular formula is C15H16F6N2O2. The summed E-state index contributed by atoms with van der Waals surface area (Å²) in [6, 6.07) is 1.16. The molecule has 1 aromatic carbocycles. The van der Waals surface area contributed by atoms with Crippen LogP contribution in [-0.2, 0) is 17.1 Å². The second-order valence-electron chi connectivity index (χ2n) is 5.60. The molecule has 1 fully saturated rings. The molecule has 0 aromatic heterocycles. The van der Waals surface area contributed by atoms with Crippen molar-refractivity contribution in [2.45, 2.75) is 25.4 Å². The van der Waals surface area contributed by atoms with Crippen LogP contribution in [0.3, 0.4) is 0 Å². The molecular weight excluding hydrogens is 354 g/mol. The summed E-state index contributed by atoms with van der Waals surface area (Å²) in [6.07, 6.45) is -11.9. The number of carbonyl (C=O) groups excluding carboxylic acids is 1. The third kappa shape index (κ3) is 5.00. The largest absolute Gasteiger partial charge is 0.442 e. The van der Waals surface area contributed by atoms with Gasteiger partial charge in [-0.15, -0.1) is 0 Å². The van der Waals surface area contributed by atoms with E-state index >= 15 is 0 Å². The van der Waals surface area contributed by atoms with Crippen LogP contribution >= 0.6 is 0 Å². The second kappa shape index (κ2) is 7.11. The zero-order valence-electron chi connectivity index (χ0n) is 13.2. The second-order valence-corrected chi connectivity index (χ2v) is 5.60. The summed E-state index contributed by atoms with van der Waals surface area (Å²) >= 11 is 0. The summed E-state index contributed by atoms with van der Waals surface area (Å²) in [6.45, 7) is 3.00. The third-order valence-electron chi connectivity index (χ3n) is 3.73. The fourth-order valence-electron chi connectivity index (χ4n) is 2.35. The number of amides is 1. The van der Waals surface area contributed by atoms with Crippen molar-refractivity contribution in [2.24, 2.45) is 0 Å². The molecule has 0 radical (unpaired) electrons. The fraction of sp³-hybridized carbons (Fsp3) is 0.533. The first-order valence-corrected chi connectivity index (χ1v) is 7.44. The van der Waals surface area contributed by atoms with Crippen LogP contribution in [0.2, 0.25) is 0 Å². The first-order chi connectivity index (χ1) is 11.5. The molecule has 1 aromatic rings. The number of ether oxygens (including phenoxy) is 1. The summed E-state index contributed by atoms with van der Waals surface area (Å²) in [7, 11) is 0. The molecule has 1 unspecified atom stereocenters. The standard InChI is InChI=1S/C15H16F6N2O2/c1-9(25-13(24)23-4-2-22-3-5-23)10-6-11(14(16,17)18)8-12(7-10)15(19,20)21/h6-9,22H,2-5H2,1H3. The summed E-state index contributed by atoms with van der Waals surface area (Å²) in [5.74, 6) is 0. The van der Waals surface area contributed by atoms with Crippen LogP contribution in [0.5, 0.6) is 0 Å². The number of hydrogen-bond acceptors (Lipinski definition) is 3. The Hall–Kier alpha value is -1.97. The number of rotatable bonds is 2. The fourth-order valence-corrected chi connectivity index (χ4v) is 2.35. The van der Waals surface area contributed by atoms with Crippen molar-refractivity contribution < 1.29 is 35.9 Å². The molecule has 1 aliphatic rings. The highest BCUT2D eigenvalue weighted by Gasteiger charge is 2.37. The van der Waals surface area contributed by atoms with Gasteiger partial charge in [0, 0.05) is 26.2 Å². The summed E-state index contributed by atoms with van der Waals surface area (Å²) in [5, 5.41) is 3.00. The molecule has 25 heavy (non-hydrogen) atoms. The number of carbonyl (C=O) groups is 1. The van der Waals surface area contributed by atoms with Gasteiger partial charge in [-0.3, -0.25) is 0 Å². The third-order valence-corrected chi connectivity index (χ3v) is 3.73. The zero-order valence-corrected chi connectivity index (χ0v) is 13.2. The minimum absolute atomic E-state index is 0.0361. The molecule has 0 saturated carbocycles. The zero-order chi connectivity index (χ0) is 18.8. The highest BCUT2D eigenvalue weighted by molar-refractivity contribution is 5.68. The van der Waals surface area contributed by atoms with Crippen molar-refractivity contribution in [2.75, 3.05) is 26.2 Å². The van der Waals surface area contributed by atoms with Gasteiger partial charge in [-0.05, 0) is 30.7 Å². The van der Waals surface area contributed by atoms with Crippen molar-refractivity contribution in [1.29, 1.82) is 0 Å². The maximum Gasteiger partial charge on any atom is 0.416 e. The van der Waals surface area contributed by atoms with Crippen LogP contribution < -0.4 is 5.32 Å². The summed E-state index contributed by atoms with van der Waals surface area (Å²) in [5.41, 5.74) is -3.25. The van der Waals surface area contributed by atoms with E-state index in [9.17, 15) is 31.1 Å². The van der Waals surface area contributed by atoms with E-state index in [4.69, 9.17) is 4.74 Å². The highest BCUT2D eigenvalue weighted by atomic mass is 19.4. The van der Waals surface area contributed by atoms with Gasteiger partial charge in [0.15, 0.2) is 0 Å². The molecule has 1 heterocycles. The van der Waals surface area contributed by atoms with Crippen LogP contribution in [0.25, 0.3) is 0 Å². The minimum Gasteiger partial charge on any atom is -0.442 e. The van der Waals surface area contributed by atoms with E-state index < -0.39 is 35.7 Å². The Morgan fingerprint density at radius 2 is 1.52 bits per heavy atom. The Labute approximate surface area is 139 Å². The molecule has 4 nitrogen and oxygen atoms in total. The van der Waals surface area contributed by atoms with Gasteiger partial charge in [0.2, 0.25) is 0 Å². The van der Waals surface area contributed by atoms with E-state index in [0.29, 0.717) is 38.3 Å². The molecule has 10 heteroatoms. The van der Waals surface area contributed by atoms with Crippen LogP contribution in [-0.4, -0.2) is 37.2 Å². The monoisotopic (exact) mass is 370 g/mol. The molecule has 140 valence electrons. The van der Waals surface area contributed by atoms with E-state index in [1.165, 1.54) is 11.8 Å². The molecule has 1 amide bonds. The Morgan fingerprint density at radius 3 is 1.96 bits per heavy atom. The van der Waals surface area contributed by atoms with Gasteiger partial charge in [-0.1, -0.05) is 0 Å². The van der Waals surface area contributed by atoms with E-state index in [-0.39, 0.29) is 11.6 Å². The van der Waals surface area contributed by atoms with E-state index in [1.54, 1.807) is 0 Å². The van der Waals surface area contributed by atoms with Gasteiger partial charge in [0.25, 0.3) is 0 Å². The molecule has 1 N–H and O–H groups in total. The molecule has 1 atom stereocenters. The number of benzene rings is 1. The van der Waals surface area contributed by atoms with Crippen molar-refractivity contribution >= 4 is 6.09 Å². The van der Waals surface area contributed by atoms with Crippen LogP contribution in [0.1, 0.15) is 29.7 Å². The molecule has 1 saturated heterocycles. The normalized spacial score (nSPS) is 17.3. The molecule has 0 aliphatic carbocycles. The first kappa shape index (κ1) is 19.4. The van der Waals surface area contributed by atoms with E-state index in [1.807, 2.05) is 0 Å². The topological polar surface area (TPSA) is 41.6 Å². The average molecular weight is 370 g/mol. The van der Waals surface area contributed by atoms with Crippen molar-refractivity contribution in [1.82, 2.24) is 10.2 Å². The van der Waals surface area contributed by atoms with E-state index in [0.717, 1.165) is 0 Å². The molecule has 2 rings (SSSR count). The van der Waals surface area contributed by atoms with Crippen molar-refractivity contribution in [3.63, 3.8) is 0 Å². The van der Waals surface area contributed by atoms with Gasteiger partial charge in [-0.25, -0.2) is 4.79 Å². The van der Waals surface area contributed by atoms with Gasteiger partial charge in [0.05, 0.1) is 11.1 Å². The lowest BCUT2D eigenvalue weighted by Crippen LogP contribution is -2.46. The van der Waals surface area contributed by atoms with Crippen LogP contribution in [0, 0.1) is 0 Å². The number of piperazine rings is 1. The summed E-state index contributed by atoms with van der Waals surface area (Å²) < 4.78 is 82.2. The van der Waals surface area contributed by atoms with Crippen molar-refractivity contribution in [3.05, 3.63) is 34.9 Å². The van der Waals surface area contributed by atoms with Crippen LogP contribution in [0.15, 0.2) is 18.2 Å². The van der Waals surface area contributed by atoms with Crippen molar-refractivity contribution in [3.8, 4) is 0 Å².